The second-order valence-electron chi connectivity index (χ2n) is 5.35. The van der Waals surface area contributed by atoms with Crippen molar-refractivity contribution in [2.45, 2.75) is 43.7 Å². The first-order valence-corrected chi connectivity index (χ1v) is 6.66. The van der Waals surface area contributed by atoms with Crippen molar-refractivity contribution in [2.24, 2.45) is 5.73 Å². The topological polar surface area (TPSA) is 72.5 Å². The summed E-state index contributed by atoms with van der Waals surface area (Å²) in [7, 11) is 1.78. The number of carboxylic acids is 1. The van der Waals surface area contributed by atoms with Crippen LogP contribution in [0.2, 0.25) is 0 Å². The Morgan fingerprint density at radius 3 is 2.42 bits per heavy atom. The second-order valence-corrected chi connectivity index (χ2v) is 5.35. The molecule has 1 aliphatic rings. The molecule has 1 atom stereocenters. The Kier molecular flexibility index (Phi) is 4.22. The Balaban J connectivity index is 1.86. The van der Waals surface area contributed by atoms with Crippen LogP contribution >= 0.6 is 0 Å². The number of benzene rings is 1. The molecule has 1 fully saturated rings. The fraction of sp³-hybridized carbons (Fsp3) is 0.533. The summed E-state index contributed by atoms with van der Waals surface area (Å²) in [5.41, 5.74) is 7.87. The van der Waals surface area contributed by atoms with Crippen LogP contribution in [0.1, 0.15) is 30.4 Å². The van der Waals surface area contributed by atoms with Crippen LogP contribution in [0, 0.1) is 0 Å². The van der Waals surface area contributed by atoms with E-state index < -0.39 is 12.0 Å². The lowest BCUT2D eigenvalue weighted by Crippen LogP contribution is -2.32. The molecule has 4 nitrogen and oxygen atoms in total. The molecular weight excluding hydrogens is 242 g/mol. The van der Waals surface area contributed by atoms with Crippen LogP contribution in [0.15, 0.2) is 24.3 Å². The number of hydrogen-bond donors (Lipinski definition) is 2. The lowest BCUT2D eigenvalue weighted by atomic mass is 10.0. The van der Waals surface area contributed by atoms with Crippen molar-refractivity contribution in [1.29, 1.82) is 0 Å². The van der Waals surface area contributed by atoms with Gasteiger partial charge in [0.1, 0.15) is 6.04 Å². The van der Waals surface area contributed by atoms with Gasteiger partial charge in [0.2, 0.25) is 0 Å². The van der Waals surface area contributed by atoms with E-state index in [1.807, 2.05) is 12.1 Å². The highest BCUT2D eigenvalue weighted by molar-refractivity contribution is 5.73. The molecule has 2 rings (SSSR count). The summed E-state index contributed by atoms with van der Waals surface area (Å²) < 4.78 is 5.49. The van der Waals surface area contributed by atoms with E-state index in [2.05, 4.69) is 12.1 Å². The third-order valence-corrected chi connectivity index (χ3v) is 3.91. The number of aryl methyl sites for hydroxylation is 1. The molecule has 0 radical (unpaired) electrons. The van der Waals surface area contributed by atoms with Crippen molar-refractivity contribution in [2.75, 3.05) is 7.11 Å². The summed E-state index contributed by atoms with van der Waals surface area (Å²) in [6, 6.07) is 7.20. The molecule has 0 heterocycles. The Labute approximate surface area is 113 Å². The van der Waals surface area contributed by atoms with Crippen molar-refractivity contribution in [1.82, 2.24) is 0 Å². The van der Waals surface area contributed by atoms with Gasteiger partial charge < -0.3 is 15.6 Å². The number of ether oxygens (including phenoxy) is 1. The van der Waals surface area contributed by atoms with Crippen LogP contribution < -0.4 is 5.73 Å². The van der Waals surface area contributed by atoms with E-state index in [0.717, 1.165) is 31.2 Å². The number of methoxy groups -OCH3 is 1. The zero-order valence-electron chi connectivity index (χ0n) is 11.3. The number of nitrogens with two attached hydrogens (primary N) is 1. The summed E-state index contributed by atoms with van der Waals surface area (Å²) in [5, 5.41) is 8.77. The molecule has 1 aromatic carbocycles. The first-order chi connectivity index (χ1) is 9.04. The van der Waals surface area contributed by atoms with Crippen LogP contribution in [0.5, 0.6) is 0 Å². The summed E-state index contributed by atoms with van der Waals surface area (Å²) >= 11 is 0. The normalized spacial score (nSPS) is 18.0. The largest absolute Gasteiger partial charge is 0.480 e. The van der Waals surface area contributed by atoms with Gasteiger partial charge in [0.05, 0.1) is 5.60 Å². The maximum Gasteiger partial charge on any atom is 0.320 e. The molecule has 1 aromatic rings. The minimum absolute atomic E-state index is 0.129. The summed E-state index contributed by atoms with van der Waals surface area (Å²) in [6.45, 7) is 0. The molecule has 0 amide bonds. The Morgan fingerprint density at radius 2 is 1.95 bits per heavy atom. The predicted octanol–water partition coefficient (Wildman–Crippen LogP) is 1.75. The lowest BCUT2D eigenvalue weighted by molar-refractivity contribution is -0.138. The minimum Gasteiger partial charge on any atom is -0.480 e. The first-order valence-electron chi connectivity index (χ1n) is 6.66. The van der Waals surface area contributed by atoms with Gasteiger partial charge in [-0.15, -0.1) is 0 Å². The standard InChI is InChI=1S/C15H21NO3/c1-19-15(8-9-15)7-6-11-2-4-12(5-3-11)10-13(16)14(17)18/h2-5,13H,6-10,16H2,1H3,(H,17,18). The predicted molar refractivity (Wildman–Crippen MR) is 73.1 cm³/mol. The van der Waals surface area contributed by atoms with Gasteiger partial charge in [-0.2, -0.15) is 0 Å². The molecule has 1 unspecified atom stereocenters. The third kappa shape index (κ3) is 3.78. The Bertz CT molecular complexity index is 437. The van der Waals surface area contributed by atoms with Crippen molar-refractivity contribution >= 4 is 5.97 Å². The Morgan fingerprint density at radius 1 is 1.37 bits per heavy atom. The van der Waals surface area contributed by atoms with Gasteiger partial charge in [0.25, 0.3) is 0 Å². The fourth-order valence-electron chi connectivity index (χ4n) is 2.25. The van der Waals surface area contributed by atoms with Gasteiger partial charge in [0, 0.05) is 7.11 Å². The fourth-order valence-corrected chi connectivity index (χ4v) is 2.25. The maximum absolute atomic E-state index is 10.7. The average Bonchev–Trinajstić information content (AvgIpc) is 3.18. The van der Waals surface area contributed by atoms with E-state index >= 15 is 0 Å². The Hall–Kier alpha value is -1.39. The van der Waals surface area contributed by atoms with Crippen LogP contribution in [0.3, 0.4) is 0 Å². The van der Waals surface area contributed by atoms with Crippen LogP contribution in [0.4, 0.5) is 0 Å². The zero-order chi connectivity index (χ0) is 13.9. The van der Waals surface area contributed by atoms with Gasteiger partial charge in [-0.25, -0.2) is 0 Å². The number of rotatable bonds is 7. The molecule has 0 saturated heterocycles. The molecular formula is C15H21NO3. The van der Waals surface area contributed by atoms with Gasteiger partial charge >= 0.3 is 5.97 Å². The summed E-state index contributed by atoms with van der Waals surface area (Å²) in [5.74, 6) is -0.958. The van der Waals surface area contributed by atoms with Gasteiger partial charge in [0.15, 0.2) is 0 Å². The molecule has 1 saturated carbocycles. The molecule has 0 bridgehead atoms. The molecule has 104 valence electrons. The number of carboxylic acid groups (broad SMARTS) is 1. The van der Waals surface area contributed by atoms with Gasteiger partial charge in [-0.05, 0) is 43.2 Å². The van der Waals surface area contributed by atoms with Crippen molar-refractivity contribution in [3.63, 3.8) is 0 Å². The van der Waals surface area contributed by atoms with Crippen LogP contribution in [0.25, 0.3) is 0 Å². The van der Waals surface area contributed by atoms with Crippen molar-refractivity contribution in [3.05, 3.63) is 35.4 Å². The molecule has 19 heavy (non-hydrogen) atoms. The highest BCUT2D eigenvalue weighted by Crippen LogP contribution is 2.42. The van der Waals surface area contributed by atoms with Crippen LogP contribution in [-0.2, 0) is 22.4 Å². The first kappa shape index (κ1) is 14.0. The highest BCUT2D eigenvalue weighted by atomic mass is 16.5. The van der Waals surface area contributed by atoms with E-state index in [0.29, 0.717) is 6.42 Å². The highest BCUT2D eigenvalue weighted by Gasteiger charge is 2.42. The molecule has 4 heteroatoms. The van der Waals surface area contributed by atoms with Crippen molar-refractivity contribution in [3.8, 4) is 0 Å². The van der Waals surface area contributed by atoms with E-state index in [1.165, 1.54) is 5.56 Å². The summed E-state index contributed by atoms with van der Waals surface area (Å²) in [4.78, 5) is 10.7. The number of aliphatic carboxylic acids is 1. The van der Waals surface area contributed by atoms with Gasteiger partial charge in [-0.3, -0.25) is 4.79 Å². The summed E-state index contributed by atoms with van der Waals surface area (Å²) in [6.07, 6.45) is 4.75. The van der Waals surface area contributed by atoms with E-state index in [1.54, 1.807) is 7.11 Å². The quantitative estimate of drug-likeness (QED) is 0.786. The van der Waals surface area contributed by atoms with E-state index in [-0.39, 0.29) is 5.60 Å². The minimum atomic E-state index is -0.958. The molecule has 0 spiro atoms. The van der Waals surface area contributed by atoms with Crippen LogP contribution in [-0.4, -0.2) is 29.8 Å². The van der Waals surface area contributed by atoms with Gasteiger partial charge in [-0.1, -0.05) is 24.3 Å². The van der Waals surface area contributed by atoms with E-state index in [9.17, 15) is 4.79 Å². The lowest BCUT2D eigenvalue weighted by Gasteiger charge is -2.13. The zero-order valence-corrected chi connectivity index (χ0v) is 11.3. The molecule has 1 aliphatic carbocycles. The average molecular weight is 263 g/mol. The smallest absolute Gasteiger partial charge is 0.320 e. The number of carbonyl (C=O) groups is 1. The second kappa shape index (κ2) is 5.72. The third-order valence-electron chi connectivity index (χ3n) is 3.91. The van der Waals surface area contributed by atoms with E-state index in [4.69, 9.17) is 15.6 Å². The van der Waals surface area contributed by atoms with Crippen molar-refractivity contribution < 1.29 is 14.6 Å². The SMILES string of the molecule is COC1(CCc2ccc(CC(N)C(=O)O)cc2)CC1. The molecule has 0 aromatic heterocycles. The monoisotopic (exact) mass is 263 g/mol. The molecule has 0 aliphatic heterocycles. The number of hydrogen-bond acceptors (Lipinski definition) is 3. The molecule has 3 N–H and O–H groups in total. The maximum atomic E-state index is 10.7.